The van der Waals surface area contributed by atoms with E-state index in [0.717, 1.165) is 11.1 Å². The van der Waals surface area contributed by atoms with Crippen molar-refractivity contribution < 1.29 is 24.2 Å². The van der Waals surface area contributed by atoms with Crippen LogP contribution in [-0.2, 0) is 19.1 Å². The van der Waals surface area contributed by atoms with Crippen molar-refractivity contribution in [2.45, 2.75) is 31.3 Å². The number of carbonyl (C=O) groups is 3. The summed E-state index contributed by atoms with van der Waals surface area (Å²) in [4.78, 5) is 37.6. The van der Waals surface area contributed by atoms with Gasteiger partial charge in [0.25, 0.3) is 0 Å². The molecule has 2 heterocycles. The zero-order chi connectivity index (χ0) is 18.0. The van der Waals surface area contributed by atoms with Crippen molar-refractivity contribution in [2.75, 3.05) is 13.2 Å². The third-order valence-electron chi connectivity index (χ3n) is 4.66. The quantitative estimate of drug-likeness (QED) is 0.859. The van der Waals surface area contributed by atoms with E-state index in [0.29, 0.717) is 6.61 Å². The van der Waals surface area contributed by atoms with Crippen molar-refractivity contribution in [2.24, 2.45) is 0 Å². The molecule has 0 radical (unpaired) electrons. The van der Waals surface area contributed by atoms with Crippen molar-refractivity contribution in [3.8, 4) is 0 Å². The molecule has 0 aromatic heterocycles. The predicted octanol–water partition coefficient (Wildman–Crippen LogP) is 1.31. The summed E-state index contributed by atoms with van der Waals surface area (Å²) in [5.74, 6) is -1.71. The lowest BCUT2D eigenvalue weighted by Crippen LogP contribution is -2.55. The molecule has 2 atom stereocenters. The van der Waals surface area contributed by atoms with Gasteiger partial charge in [-0.3, -0.25) is 9.59 Å². The van der Waals surface area contributed by atoms with Gasteiger partial charge in [-0.05, 0) is 17.2 Å². The van der Waals surface area contributed by atoms with Gasteiger partial charge in [0.1, 0.15) is 0 Å². The van der Waals surface area contributed by atoms with Gasteiger partial charge in [-0.1, -0.05) is 24.3 Å². The molecule has 132 valence electrons. The fourth-order valence-electron chi connectivity index (χ4n) is 3.29. The topological polar surface area (TPSA) is 95.9 Å². The summed E-state index contributed by atoms with van der Waals surface area (Å²) >= 11 is 0. The minimum Gasteiger partial charge on any atom is -0.479 e. The number of amides is 2. The summed E-state index contributed by atoms with van der Waals surface area (Å²) in [7, 11) is 0. The van der Waals surface area contributed by atoms with Gasteiger partial charge in [0.2, 0.25) is 11.8 Å². The van der Waals surface area contributed by atoms with E-state index < -0.39 is 23.5 Å². The van der Waals surface area contributed by atoms with E-state index in [1.54, 1.807) is 6.20 Å². The Bertz CT molecular complexity index is 737. The number of benzene rings is 1. The molecule has 0 saturated carbocycles. The average Bonchev–Trinajstić information content (AvgIpc) is 3.04. The van der Waals surface area contributed by atoms with Crippen LogP contribution >= 0.6 is 0 Å². The molecule has 2 unspecified atom stereocenters. The highest BCUT2D eigenvalue weighted by atomic mass is 16.5. The van der Waals surface area contributed by atoms with Gasteiger partial charge in [0.15, 0.2) is 5.54 Å². The zero-order valence-corrected chi connectivity index (χ0v) is 13.9. The van der Waals surface area contributed by atoms with E-state index in [1.807, 2.05) is 30.3 Å². The summed E-state index contributed by atoms with van der Waals surface area (Å²) < 4.78 is 5.16. The van der Waals surface area contributed by atoms with E-state index in [-0.39, 0.29) is 25.4 Å². The molecular weight excluding hydrogens is 324 g/mol. The molecule has 0 bridgehead atoms. The summed E-state index contributed by atoms with van der Waals surface area (Å²) in [6.45, 7) is 1.68. The number of hydrogen-bond acceptors (Lipinski definition) is 4. The second-order valence-corrected chi connectivity index (χ2v) is 6.33. The molecule has 1 saturated heterocycles. The number of carboxylic acids is 1. The number of nitrogens with zero attached hydrogens (tertiary/aromatic N) is 1. The Balaban J connectivity index is 1.82. The average molecular weight is 344 g/mol. The lowest BCUT2D eigenvalue weighted by Gasteiger charge is -2.33. The minimum atomic E-state index is -1.39. The van der Waals surface area contributed by atoms with Crippen LogP contribution in [0, 0.1) is 0 Å². The van der Waals surface area contributed by atoms with Crippen LogP contribution in [0.4, 0.5) is 0 Å². The van der Waals surface area contributed by atoms with Crippen molar-refractivity contribution >= 4 is 23.9 Å². The van der Waals surface area contributed by atoms with Crippen molar-refractivity contribution in [1.82, 2.24) is 10.2 Å². The second kappa shape index (κ2) is 6.68. The smallest absolute Gasteiger partial charge is 0.331 e. The Kier molecular flexibility index (Phi) is 4.59. The van der Waals surface area contributed by atoms with Gasteiger partial charge in [0, 0.05) is 26.2 Å². The van der Waals surface area contributed by atoms with Crippen molar-refractivity contribution in [3.63, 3.8) is 0 Å². The summed E-state index contributed by atoms with van der Waals surface area (Å²) in [6, 6.07) is 7.06. The fourth-order valence-corrected chi connectivity index (χ4v) is 3.29. The van der Waals surface area contributed by atoms with Crippen LogP contribution in [0.2, 0.25) is 0 Å². The highest BCUT2D eigenvalue weighted by Crippen LogP contribution is 2.33. The van der Waals surface area contributed by atoms with Gasteiger partial charge < -0.3 is 20.1 Å². The first kappa shape index (κ1) is 17.2. The Morgan fingerprint density at radius 3 is 2.76 bits per heavy atom. The maximum absolute atomic E-state index is 12.6. The van der Waals surface area contributed by atoms with Crippen LogP contribution in [0.25, 0.3) is 6.08 Å². The van der Waals surface area contributed by atoms with Crippen LogP contribution in [-0.4, -0.2) is 46.5 Å². The first-order valence-corrected chi connectivity index (χ1v) is 8.11. The van der Waals surface area contributed by atoms with Crippen molar-refractivity contribution in [3.05, 3.63) is 41.6 Å². The SMILES string of the molecule is CC(=O)N1C=Cc2ccccc2C1CC(=O)NC1(C(=O)O)CCOC1. The molecule has 1 fully saturated rings. The van der Waals surface area contributed by atoms with E-state index in [2.05, 4.69) is 5.32 Å². The van der Waals surface area contributed by atoms with Gasteiger partial charge in [-0.2, -0.15) is 0 Å². The van der Waals surface area contributed by atoms with Gasteiger partial charge in [-0.25, -0.2) is 4.79 Å². The fraction of sp³-hybridized carbons (Fsp3) is 0.389. The third kappa shape index (κ3) is 3.28. The number of hydrogen-bond donors (Lipinski definition) is 2. The van der Waals surface area contributed by atoms with E-state index in [1.165, 1.54) is 11.8 Å². The Hall–Kier alpha value is -2.67. The summed E-state index contributed by atoms with van der Waals surface area (Å²) in [5.41, 5.74) is 0.416. The number of ether oxygens (including phenoxy) is 1. The first-order valence-electron chi connectivity index (χ1n) is 8.11. The summed E-state index contributed by atoms with van der Waals surface area (Å²) in [5, 5.41) is 12.0. The van der Waals surface area contributed by atoms with Crippen LogP contribution in [0.1, 0.15) is 36.9 Å². The molecule has 2 N–H and O–H groups in total. The first-order chi connectivity index (χ1) is 11.9. The molecule has 7 heteroatoms. The molecule has 2 aliphatic heterocycles. The Morgan fingerprint density at radius 2 is 2.12 bits per heavy atom. The number of fused-ring (bicyclic) bond motifs is 1. The van der Waals surface area contributed by atoms with E-state index in [4.69, 9.17) is 4.74 Å². The van der Waals surface area contributed by atoms with Gasteiger partial charge >= 0.3 is 5.97 Å². The zero-order valence-electron chi connectivity index (χ0n) is 13.9. The lowest BCUT2D eigenvalue weighted by atomic mass is 9.92. The largest absolute Gasteiger partial charge is 0.479 e. The molecule has 25 heavy (non-hydrogen) atoms. The van der Waals surface area contributed by atoms with Crippen LogP contribution in [0.15, 0.2) is 30.5 Å². The highest BCUT2D eigenvalue weighted by Gasteiger charge is 2.44. The van der Waals surface area contributed by atoms with Crippen LogP contribution in [0.5, 0.6) is 0 Å². The molecule has 1 aromatic carbocycles. The normalized spacial score (nSPS) is 24.7. The van der Waals surface area contributed by atoms with E-state index in [9.17, 15) is 19.5 Å². The predicted molar refractivity (Wildman–Crippen MR) is 89.3 cm³/mol. The molecule has 2 aliphatic rings. The standard InChI is InChI=1S/C18H20N2O5/c1-12(21)20-8-6-13-4-2-3-5-14(13)15(20)10-16(22)19-18(17(23)24)7-9-25-11-18/h2-6,8,15H,7,9-11H2,1H3,(H,19,22)(H,23,24). The van der Waals surface area contributed by atoms with Gasteiger partial charge in [0.05, 0.1) is 19.1 Å². The number of aliphatic carboxylic acids is 1. The molecule has 2 amide bonds. The second-order valence-electron chi connectivity index (χ2n) is 6.33. The molecule has 7 nitrogen and oxygen atoms in total. The highest BCUT2D eigenvalue weighted by molar-refractivity contribution is 5.88. The molecule has 0 spiro atoms. The van der Waals surface area contributed by atoms with E-state index >= 15 is 0 Å². The van der Waals surface area contributed by atoms with Gasteiger partial charge in [-0.15, -0.1) is 0 Å². The van der Waals surface area contributed by atoms with Crippen molar-refractivity contribution in [1.29, 1.82) is 0 Å². The molecule has 3 rings (SSSR count). The monoisotopic (exact) mass is 344 g/mol. The number of nitrogens with one attached hydrogen (secondary N) is 1. The maximum Gasteiger partial charge on any atom is 0.331 e. The minimum absolute atomic E-state index is 0.0179. The van der Waals surface area contributed by atoms with Crippen LogP contribution in [0.3, 0.4) is 0 Å². The molecule has 0 aliphatic carbocycles. The summed E-state index contributed by atoms with van der Waals surface area (Å²) in [6.07, 6.45) is 3.70. The molecular formula is C18H20N2O5. The number of carboxylic acid groups (broad SMARTS) is 1. The molecule has 1 aromatic rings. The Labute approximate surface area is 145 Å². The number of rotatable bonds is 4. The Morgan fingerprint density at radius 1 is 1.36 bits per heavy atom. The lowest BCUT2D eigenvalue weighted by molar-refractivity contribution is -0.148. The third-order valence-corrected chi connectivity index (χ3v) is 4.66. The maximum atomic E-state index is 12.6. The number of carbonyl (C=O) groups excluding carboxylic acids is 2. The van der Waals surface area contributed by atoms with Crippen LogP contribution < -0.4 is 5.32 Å².